The SMILES string of the molecule is COc1ccc(Nc2ncccc2C)c(OC)n1. The van der Waals surface area contributed by atoms with Gasteiger partial charge in [-0.2, -0.15) is 4.98 Å². The van der Waals surface area contributed by atoms with Crippen molar-refractivity contribution in [3.05, 3.63) is 36.0 Å². The maximum absolute atomic E-state index is 5.22. The molecule has 5 nitrogen and oxygen atoms in total. The molecule has 2 rings (SSSR count). The van der Waals surface area contributed by atoms with E-state index in [1.54, 1.807) is 26.5 Å². The molecule has 0 radical (unpaired) electrons. The number of nitrogens with zero attached hydrogens (tertiary/aromatic N) is 2. The number of ether oxygens (including phenoxy) is 2. The van der Waals surface area contributed by atoms with Gasteiger partial charge in [-0.3, -0.25) is 0 Å². The van der Waals surface area contributed by atoms with E-state index in [-0.39, 0.29) is 0 Å². The summed E-state index contributed by atoms with van der Waals surface area (Å²) in [6, 6.07) is 7.49. The molecule has 0 atom stereocenters. The predicted molar refractivity (Wildman–Crippen MR) is 69.6 cm³/mol. The average Bonchev–Trinajstić information content (AvgIpc) is 2.41. The fourth-order valence-corrected chi connectivity index (χ4v) is 1.53. The predicted octanol–water partition coefficient (Wildman–Crippen LogP) is 2.55. The van der Waals surface area contributed by atoms with Crippen molar-refractivity contribution < 1.29 is 9.47 Å². The molecule has 0 unspecified atom stereocenters. The van der Waals surface area contributed by atoms with Crippen LogP contribution in [0.1, 0.15) is 5.56 Å². The summed E-state index contributed by atoms with van der Waals surface area (Å²) < 4.78 is 10.3. The van der Waals surface area contributed by atoms with Crippen LogP contribution >= 0.6 is 0 Å². The molecule has 0 aliphatic rings. The van der Waals surface area contributed by atoms with Gasteiger partial charge in [-0.1, -0.05) is 6.07 Å². The zero-order valence-electron chi connectivity index (χ0n) is 10.6. The summed E-state index contributed by atoms with van der Waals surface area (Å²) in [6.45, 7) is 1.98. The Hall–Kier alpha value is -2.30. The lowest BCUT2D eigenvalue weighted by Crippen LogP contribution is -2.00. The lowest BCUT2D eigenvalue weighted by Gasteiger charge is -2.11. The number of methoxy groups -OCH3 is 2. The minimum atomic E-state index is 0.472. The maximum Gasteiger partial charge on any atom is 0.240 e. The average molecular weight is 245 g/mol. The van der Waals surface area contributed by atoms with Crippen molar-refractivity contribution in [2.45, 2.75) is 6.92 Å². The molecule has 0 aliphatic heterocycles. The van der Waals surface area contributed by atoms with Crippen LogP contribution in [0.4, 0.5) is 11.5 Å². The molecule has 94 valence electrons. The van der Waals surface area contributed by atoms with Gasteiger partial charge >= 0.3 is 0 Å². The van der Waals surface area contributed by atoms with E-state index in [2.05, 4.69) is 15.3 Å². The van der Waals surface area contributed by atoms with Gasteiger partial charge in [-0.15, -0.1) is 0 Å². The first kappa shape index (κ1) is 12.2. The Morgan fingerprint density at radius 2 is 1.94 bits per heavy atom. The fraction of sp³-hybridized carbons (Fsp3) is 0.231. The Kier molecular flexibility index (Phi) is 3.62. The van der Waals surface area contributed by atoms with Crippen molar-refractivity contribution in [2.24, 2.45) is 0 Å². The van der Waals surface area contributed by atoms with E-state index in [1.807, 2.05) is 25.1 Å². The molecule has 0 aromatic carbocycles. The number of aryl methyl sites for hydroxylation is 1. The normalized spacial score (nSPS) is 9.94. The molecule has 2 aromatic rings. The summed E-state index contributed by atoms with van der Waals surface area (Å²) in [5.74, 6) is 1.76. The number of pyridine rings is 2. The fourth-order valence-electron chi connectivity index (χ4n) is 1.53. The summed E-state index contributed by atoms with van der Waals surface area (Å²) in [5.41, 5.74) is 1.80. The quantitative estimate of drug-likeness (QED) is 0.897. The van der Waals surface area contributed by atoms with Crippen LogP contribution < -0.4 is 14.8 Å². The van der Waals surface area contributed by atoms with Gasteiger partial charge in [0.05, 0.1) is 14.2 Å². The van der Waals surface area contributed by atoms with E-state index in [1.165, 1.54) is 0 Å². The molecule has 0 fully saturated rings. The Morgan fingerprint density at radius 1 is 1.11 bits per heavy atom. The van der Waals surface area contributed by atoms with Gasteiger partial charge < -0.3 is 14.8 Å². The summed E-state index contributed by atoms with van der Waals surface area (Å²) >= 11 is 0. The third-order valence-corrected chi connectivity index (χ3v) is 2.50. The minimum Gasteiger partial charge on any atom is -0.481 e. The number of aromatic nitrogens is 2. The van der Waals surface area contributed by atoms with E-state index in [0.717, 1.165) is 17.1 Å². The molecule has 0 bridgehead atoms. The number of hydrogen-bond donors (Lipinski definition) is 1. The molecule has 0 saturated carbocycles. The molecule has 0 saturated heterocycles. The molecule has 2 heterocycles. The highest BCUT2D eigenvalue weighted by molar-refractivity contribution is 5.64. The van der Waals surface area contributed by atoms with Crippen molar-refractivity contribution >= 4 is 11.5 Å². The number of nitrogens with one attached hydrogen (secondary N) is 1. The second-order valence-electron chi connectivity index (χ2n) is 3.70. The van der Waals surface area contributed by atoms with Gasteiger partial charge in [0.2, 0.25) is 11.8 Å². The molecule has 1 N–H and O–H groups in total. The summed E-state index contributed by atoms with van der Waals surface area (Å²) in [6.07, 6.45) is 1.73. The zero-order valence-corrected chi connectivity index (χ0v) is 10.6. The third kappa shape index (κ3) is 2.51. The molecule has 2 aromatic heterocycles. The van der Waals surface area contributed by atoms with Crippen LogP contribution in [0, 0.1) is 6.92 Å². The van der Waals surface area contributed by atoms with E-state index in [0.29, 0.717) is 11.8 Å². The van der Waals surface area contributed by atoms with Gasteiger partial charge in [0.15, 0.2) is 0 Å². The van der Waals surface area contributed by atoms with Crippen LogP contribution in [0.3, 0.4) is 0 Å². The standard InChI is InChI=1S/C13H15N3O2/c1-9-5-4-8-14-12(9)15-10-6-7-11(17-2)16-13(10)18-3/h4-8H,1-3H3,(H,14,15). The monoisotopic (exact) mass is 245 g/mol. The van der Waals surface area contributed by atoms with Crippen LogP contribution in [0.2, 0.25) is 0 Å². The highest BCUT2D eigenvalue weighted by atomic mass is 16.5. The van der Waals surface area contributed by atoms with Crippen molar-refractivity contribution in [3.63, 3.8) is 0 Å². The molecular formula is C13H15N3O2. The third-order valence-electron chi connectivity index (χ3n) is 2.50. The van der Waals surface area contributed by atoms with Gasteiger partial charge in [0.25, 0.3) is 0 Å². The Morgan fingerprint density at radius 3 is 2.61 bits per heavy atom. The van der Waals surface area contributed by atoms with Gasteiger partial charge in [-0.25, -0.2) is 4.98 Å². The molecular weight excluding hydrogens is 230 g/mol. The van der Waals surface area contributed by atoms with Crippen LogP contribution in [0.15, 0.2) is 30.5 Å². The lowest BCUT2D eigenvalue weighted by atomic mass is 10.3. The maximum atomic E-state index is 5.22. The molecule has 0 amide bonds. The van der Waals surface area contributed by atoms with Crippen molar-refractivity contribution in [1.82, 2.24) is 9.97 Å². The topological polar surface area (TPSA) is 56.3 Å². The zero-order chi connectivity index (χ0) is 13.0. The van der Waals surface area contributed by atoms with Crippen molar-refractivity contribution in [1.29, 1.82) is 0 Å². The van der Waals surface area contributed by atoms with Crippen LogP contribution in [0.5, 0.6) is 11.8 Å². The first-order valence-electron chi connectivity index (χ1n) is 5.52. The van der Waals surface area contributed by atoms with E-state index < -0.39 is 0 Å². The van der Waals surface area contributed by atoms with E-state index >= 15 is 0 Å². The van der Waals surface area contributed by atoms with Crippen LogP contribution in [-0.4, -0.2) is 24.2 Å². The van der Waals surface area contributed by atoms with Crippen molar-refractivity contribution in [2.75, 3.05) is 19.5 Å². The first-order valence-corrected chi connectivity index (χ1v) is 5.52. The minimum absolute atomic E-state index is 0.472. The summed E-state index contributed by atoms with van der Waals surface area (Å²) in [5, 5.41) is 3.19. The van der Waals surface area contributed by atoms with Gasteiger partial charge in [0, 0.05) is 12.3 Å². The number of rotatable bonds is 4. The number of anilines is 2. The van der Waals surface area contributed by atoms with E-state index in [9.17, 15) is 0 Å². The van der Waals surface area contributed by atoms with Crippen LogP contribution in [0.25, 0.3) is 0 Å². The smallest absolute Gasteiger partial charge is 0.240 e. The highest BCUT2D eigenvalue weighted by Gasteiger charge is 2.08. The molecule has 0 aliphatic carbocycles. The first-order chi connectivity index (χ1) is 8.74. The summed E-state index contributed by atoms with van der Waals surface area (Å²) in [7, 11) is 3.13. The second kappa shape index (κ2) is 5.35. The second-order valence-corrected chi connectivity index (χ2v) is 3.70. The van der Waals surface area contributed by atoms with Crippen LogP contribution in [-0.2, 0) is 0 Å². The Labute approximate surface area is 106 Å². The molecule has 0 spiro atoms. The number of hydrogen-bond acceptors (Lipinski definition) is 5. The van der Waals surface area contributed by atoms with Crippen molar-refractivity contribution in [3.8, 4) is 11.8 Å². The molecule has 5 heteroatoms. The largest absolute Gasteiger partial charge is 0.481 e. The Bertz CT molecular complexity index is 544. The summed E-state index contributed by atoms with van der Waals surface area (Å²) in [4.78, 5) is 8.47. The van der Waals surface area contributed by atoms with Gasteiger partial charge in [-0.05, 0) is 24.6 Å². The van der Waals surface area contributed by atoms with Gasteiger partial charge in [0.1, 0.15) is 11.5 Å². The van der Waals surface area contributed by atoms with E-state index in [4.69, 9.17) is 9.47 Å². The highest BCUT2D eigenvalue weighted by Crippen LogP contribution is 2.28. The Balaban J connectivity index is 2.32. The molecule has 18 heavy (non-hydrogen) atoms. The lowest BCUT2D eigenvalue weighted by molar-refractivity contribution is 0.366.